The van der Waals surface area contributed by atoms with E-state index in [9.17, 15) is 4.79 Å². The van der Waals surface area contributed by atoms with Gasteiger partial charge in [0, 0.05) is 18.6 Å². The summed E-state index contributed by atoms with van der Waals surface area (Å²) in [5.74, 6) is 0.867. The predicted molar refractivity (Wildman–Crippen MR) is 69.6 cm³/mol. The molecule has 1 amide bonds. The quantitative estimate of drug-likeness (QED) is 0.793. The van der Waals surface area contributed by atoms with Gasteiger partial charge in [-0.1, -0.05) is 34.1 Å². The highest BCUT2D eigenvalue weighted by Gasteiger charge is 2.33. The second kappa shape index (κ2) is 5.85. The molecule has 1 aliphatic carbocycles. The Hall–Kier alpha value is -0.570. The van der Waals surface area contributed by atoms with Gasteiger partial charge in [0.1, 0.15) is 0 Å². The molecule has 1 aliphatic rings. The van der Waals surface area contributed by atoms with Crippen LogP contribution < -0.4 is 5.32 Å². The number of aliphatic hydroxyl groups excluding tert-OH is 1. The van der Waals surface area contributed by atoms with Gasteiger partial charge in [-0.3, -0.25) is 4.79 Å². The number of hydrogen-bond acceptors (Lipinski definition) is 2. The van der Waals surface area contributed by atoms with Crippen molar-refractivity contribution in [1.82, 2.24) is 5.32 Å². The summed E-state index contributed by atoms with van der Waals surface area (Å²) >= 11 is 0. The van der Waals surface area contributed by atoms with Gasteiger partial charge in [-0.25, -0.2) is 0 Å². The van der Waals surface area contributed by atoms with Crippen molar-refractivity contribution in [2.45, 2.75) is 59.4 Å². The summed E-state index contributed by atoms with van der Waals surface area (Å²) in [5.41, 5.74) is 0.000231. The van der Waals surface area contributed by atoms with Crippen molar-refractivity contribution in [1.29, 1.82) is 0 Å². The molecule has 17 heavy (non-hydrogen) atoms. The lowest BCUT2D eigenvalue weighted by molar-refractivity contribution is -0.127. The molecule has 0 aromatic heterocycles. The van der Waals surface area contributed by atoms with E-state index < -0.39 is 0 Å². The summed E-state index contributed by atoms with van der Waals surface area (Å²) < 4.78 is 0. The van der Waals surface area contributed by atoms with Crippen molar-refractivity contribution in [2.75, 3.05) is 6.61 Å². The van der Waals surface area contributed by atoms with Crippen molar-refractivity contribution >= 4 is 5.91 Å². The minimum atomic E-state index is 0.000231. The van der Waals surface area contributed by atoms with Gasteiger partial charge in [0.2, 0.25) is 5.91 Å². The topological polar surface area (TPSA) is 49.3 Å². The van der Waals surface area contributed by atoms with Crippen molar-refractivity contribution < 1.29 is 9.90 Å². The zero-order valence-corrected chi connectivity index (χ0v) is 11.6. The summed E-state index contributed by atoms with van der Waals surface area (Å²) in [7, 11) is 0. The van der Waals surface area contributed by atoms with Crippen molar-refractivity contribution in [3.63, 3.8) is 0 Å². The summed E-state index contributed by atoms with van der Waals surface area (Å²) in [6.07, 6.45) is 3.98. The zero-order chi connectivity index (χ0) is 13.1. The maximum absolute atomic E-state index is 12.2. The zero-order valence-electron chi connectivity index (χ0n) is 11.6. The molecule has 0 spiro atoms. The van der Waals surface area contributed by atoms with Crippen LogP contribution in [-0.2, 0) is 4.79 Å². The molecule has 1 fully saturated rings. The molecule has 0 aliphatic heterocycles. The van der Waals surface area contributed by atoms with Crippen LogP contribution in [-0.4, -0.2) is 23.7 Å². The fraction of sp³-hybridized carbons (Fsp3) is 0.929. The largest absolute Gasteiger partial charge is 0.396 e. The Labute approximate surface area is 105 Å². The first-order valence-corrected chi connectivity index (χ1v) is 6.77. The van der Waals surface area contributed by atoms with Crippen LogP contribution in [0.5, 0.6) is 0 Å². The standard InChI is InChI=1S/C14H27NO2/c1-10-6-5-7-11(10)13(17)15-12(8-9-16)14(2,3)4/h10-12,16H,5-9H2,1-4H3,(H,15,17). The monoisotopic (exact) mass is 241 g/mol. The Morgan fingerprint density at radius 3 is 2.47 bits per heavy atom. The first-order valence-electron chi connectivity index (χ1n) is 6.77. The van der Waals surface area contributed by atoms with Crippen molar-refractivity contribution in [3.8, 4) is 0 Å². The maximum Gasteiger partial charge on any atom is 0.223 e. The molecular weight excluding hydrogens is 214 g/mol. The third-order valence-electron chi connectivity index (χ3n) is 3.98. The molecule has 3 heteroatoms. The Bertz CT molecular complexity index is 257. The lowest BCUT2D eigenvalue weighted by Gasteiger charge is -2.32. The molecule has 0 radical (unpaired) electrons. The predicted octanol–water partition coefficient (Wildman–Crippen LogP) is 2.34. The number of carbonyl (C=O) groups is 1. The molecule has 100 valence electrons. The molecular formula is C14H27NO2. The molecule has 1 saturated carbocycles. The number of amides is 1. The Morgan fingerprint density at radius 2 is 2.06 bits per heavy atom. The van der Waals surface area contributed by atoms with E-state index in [2.05, 4.69) is 33.0 Å². The van der Waals surface area contributed by atoms with Crippen molar-refractivity contribution in [2.24, 2.45) is 17.3 Å². The minimum Gasteiger partial charge on any atom is -0.396 e. The van der Waals surface area contributed by atoms with E-state index in [1.54, 1.807) is 0 Å². The molecule has 0 bridgehead atoms. The maximum atomic E-state index is 12.2. The Balaban J connectivity index is 2.57. The SMILES string of the molecule is CC1CCCC1C(=O)NC(CCO)C(C)(C)C. The normalized spacial score (nSPS) is 26.9. The number of rotatable bonds is 4. The van der Waals surface area contributed by atoms with E-state index >= 15 is 0 Å². The molecule has 0 aromatic carbocycles. The summed E-state index contributed by atoms with van der Waals surface area (Å²) in [4.78, 5) is 12.2. The van der Waals surface area contributed by atoms with Crippen LogP contribution >= 0.6 is 0 Å². The van der Waals surface area contributed by atoms with E-state index in [0.29, 0.717) is 12.3 Å². The first-order chi connectivity index (χ1) is 7.86. The van der Waals surface area contributed by atoms with Crippen LogP contribution in [0.1, 0.15) is 53.4 Å². The van der Waals surface area contributed by atoms with Crippen LogP contribution in [0.25, 0.3) is 0 Å². The summed E-state index contributed by atoms with van der Waals surface area (Å²) in [5, 5.41) is 12.2. The van der Waals surface area contributed by atoms with E-state index in [4.69, 9.17) is 5.11 Å². The molecule has 3 nitrogen and oxygen atoms in total. The lowest BCUT2D eigenvalue weighted by Crippen LogP contribution is -2.46. The van der Waals surface area contributed by atoms with Gasteiger partial charge in [0.15, 0.2) is 0 Å². The number of hydrogen-bond donors (Lipinski definition) is 2. The van der Waals surface area contributed by atoms with E-state index in [1.807, 2.05) is 0 Å². The Morgan fingerprint density at radius 1 is 1.41 bits per heavy atom. The highest BCUT2D eigenvalue weighted by molar-refractivity contribution is 5.79. The van der Waals surface area contributed by atoms with Gasteiger partial charge >= 0.3 is 0 Å². The van der Waals surface area contributed by atoms with Gasteiger partial charge < -0.3 is 10.4 Å². The molecule has 3 unspecified atom stereocenters. The van der Waals surface area contributed by atoms with Gasteiger partial charge in [0.25, 0.3) is 0 Å². The number of aliphatic hydroxyl groups is 1. The van der Waals surface area contributed by atoms with Gasteiger partial charge in [-0.05, 0) is 30.6 Å². The van der Waals surface area contributed by atoms with Crippen LogP contribution in [0, 0.1) is 17.3 Å². The average Bonchev–Trinajstić information content (AvgIpc) is 2.62. The van der Waals surface area contributed by atoms with Crippen LogP contribution in [0.2, 0.25) is 0 Å². The van der Waals surface area contributed by atoms with Gasteiger partial charge in [-0.15, -0.1) is 0 Å². The van der Waals surface area contributed by atoms with Crippen LogP contribution in [0.15, 0.2) is 0 Å². The highest BCUT2D eigenvalue weighted by atomic mass is 16.3. The number of carbonyl (C=O) groups excluding carboxylic acids is 1. The Kier molecular flexibility index (Phi) is 4.99. The minimum absolute atomic E-state index is 0.000231. The summed E-state index contributed by atoms with van der Waals surface area (Å²) in [6, 6.07) is 0.0628. The van der Waals surface area contributed by atoms with E-state index in [1.165, 1.54) is 6.42 Å². The lowest BCUT2D eigenvalue weighted by atomic mass is 9.84. The fourth-order valence-corrected chi connectivity index (χ4v) is 2.66. The third-order valence-corrected chi connectivity index (χ3v) is 3.98. The van der Waals surface area contributed by atoms with E-state index in [0.717, 1.165) is 12.8 Å². The molecule has 2 N–H and O–H groups in total. The first kappa shape index (κ1) is 14.5. The molecule has 3 atom stereocenters. The average molecular weight is 241 g/mol. The van der Waals surface area contributed by atoms with Crippen LogP contribution in [0.4, 0.5) is 0 Å². The molecule has 1 rings (SSSR count). The van der Waals surface area contributed by atoms with Crippen LogP contribution in [0.3, 0.4) is 0 Å². The smallest absolute Gasteiger partial charge is 0.223 e. The highest BCUT2D eigenvalue weighted by Crippen LogP contribution is 2.32. The van der Waals surface area contributed by atoms with Gasteiger partial charge in [-0.2, -0.15) is 0 Å². The second-order valence-corrected chi connectivity index (χ2v) is 6.45. The molecule has 0 saturated heterocycles. The molecule has 0 aromatic rings. The molecule has 0 heterocycles. The summed E-state index contributed by atoms with van der Waals surface area (Å²) in [6.45, 7) is 8.60. The van der Waals surface area contributed by atoms with Gasteiger partial charge in [0.05, 0.1) is 0 Å². The second-order valence-electron chi connectivity index (χ2n) is 6.45. The van der Waals surface area contributed by atoms with Crippen molar-refractivity contribution in [3.05, 3.63) is 0 Å². The third kappa shape index (κ3) is 3.98. The van der Waals surface area contributed by atoms with E-state index in [-0.39, 0.29) is 29.9 Å². The fourth-order valence-electron chi connectivity index (χ4n) is 2.66. The number of nitrogens with one attached hydrogen (secondary N) is 1.